The van der Waals surface area contributed by atoms with Crippen LogP contribution in [0.2, 0.25) is 0 Å². The summed E-state index contributed by atoms with van der Waals surface area (Å²) < 4.78 is 9.39. The maximum atomic E-state index is 11.4. The van der Waals surface area contributed by atoms with Crippen LogP contribution in [-0.4, -0.2) is 25.7 Å². The second-order valence-corrected chi connectivity index (χ2v) is 3.16. The molecule has 4 nitrogen and oxygen atoms in total. The van der Waals surface area contributed by atoms with Crippen LogP contribution in [-0.2, 0) is 14.3 Å². The molecule has 0 bridgehead atoms. The van der Waals surface area contributed by atoms with Crippen molar-refractivity contribution in [3.05, 3.63) is 41.5 Å². The number of methoxy groups -OCH3 is 1. The number of hydrogen-bond donors (Lipinski definition) is 0. The van der Waals surface area contributed by atoms with Crippen LogP contribution in [0.5, 0.6) is 0 Å². The maximum absolute atomic E-state index is 11.4. The minimum atomic E-state index is -0.438. The van der Waals surface area contributed by atoms with Crippen molar-refractivity contribution in [1.29, 1.82) is 0 Å². The van der Waals surface area contributed by atoms with Crippen molar-refractivity contribution < 1.29 is 19.1 Å². The van der Waals surface area contributed by atoms with E-state index in [1.807, 2.05) is 0 Å². The molecule has 0 atom stereocenters. The molecule has 0 saturated heterocycles. The van der Waals surface area contributed by atoms with Crippen LogP contribution < -0.4 is 0 Å². The number of benzene rings is 1. The smallest absolute Gasteiger partial charge is 0.338 e. The second kappa shape index (κ2) is 6.48. The zero-order valence-corrected chi connectivity index (χ0v) is 9.80. The molecule has 0 spiro atoms. The molecule has 0 heterocycles. The van der Waals surface area contributed by atoms with E-state index >= 15 is 0 Å². The van der Waals surface area contributed by atoms with Gasteiger partial charge in [0.05, 0.1) is 19.3 Å². The van der Waals surface area contributed by atoms with Crippen molar-refractivity contribution in [3.63, 3.8) is 0 Å². The van der Waals surface area contributed by atoms with E-state index in [-0.39, 0.29) is 0 Å². The van der Waals surface area contributed by atoms with Crippen LogP contribution in [0.1, 0.15) is 22.8 Å². The molecule has 0 fully saturated rings. The number of hydrogen-bond acceptors (Lipinski definition) is 4. The first kappa shape index (κ1) is 13.0. The lowest BCUT2D eigenvalue weighted by molar-refractivity contribution is -0.137. The maximum Gasteiger partial charge on any atom is 0.338 e. The number of carbonyl (C=O) groups excluding carboxylic acids is 2. The molecule has 90 valence electrons. The van der Waals surface area contributed by atoms with Crippen molar-refractivity contribution in [3.8, 4) is 0 Å². The van der Waals surface area contributed by atoms with Gasteiger partial charge in [-0.1, -0.05) is 18.2 Å². The lowest BCUT2D eigenvalue weighted by atomic mass is 10.1. The fourth-order valence-corrected chi connectivity index (χ4v) is 1.29. The first-order chi connectivity index (χ1) is 8.19. The average Bonchev–Trinajstić information content (AvgIpc) is 2.36. The van der Waals surface area contributed by atoms with Gasteiger partial charge in [0, 0.05) is 6.08 Å². The van der Waals surface area contributed by atoms with E-state index in [0.717, 1.165) is 0 Å². The highest BCUT2D eigenvalue weighted by molar-refractivity contribution is 5.95. The Kier molecular flexibility index (Phi) is 4.94. The van der Waals surface area contributed by atoms with Crippen molar-refractivity contribution in [1.82, 2.24) is 0 Å². The standard InChI is InChI=1S/C13H14O4/c1-3-17-12(14)9-8-10-6-4-5-7-11(10)13(15)16-2/h4-9H,3H2,1-2H3. The Hall–Kier alpha value is -2.10. The Morgan fingerprint density at radius 3 is 2.65 bits per heavy atom. The van der Waals surface area contributed by atoms with E-state index in [4.69, 9.17) is 4.74 Å². The van der Waals surface area contributed by atoms with E-state index in [2.05, 4.69) is 4.74 Å². The summed E-state index contributed by atoms with van der Waals surface area (Å²) in [6.07, 6.45) is 2.82. The molecule has 1 aromatic rings. The van der Waals surface area contributed by atoms with E-state index in [1.165, 1.54) is 19.3 Å². The average molecular weight is 234 g/mol. The largest absolute Gasteiger partial charge is 0.465 e. The Bertz CT molecular complexity index is 435. The zero-order chi connectivity index (χ0) is 12.7. The Morgan fingerprint density at radius 1 is 1.29 bits per heavy atom. The van der Waals surface area contributed by atoms with Gasteiger partial charge in [-0.05, 0) is 24.6 Å². The van der Waals surface area contributed by atoms with E-state index in [1.54, 1.807) is 31.2 Å². The SMILES string of the molecule is CCOC(=O)C=Cc1ccccc1C(=O)OC. The van der Waals surface area contributed by atoms with E-state index < -0.39 is 11.9 Å². The van der Waals surface area contributed by atoms with E-state index in [9.17, 15) is 9.59 Å². The normalized spacial score (nSPS) is 10.2. The molecule has 0 aliphatic heterocycles. The minimum Gasteiger partial charge on any atom is -0.465 e. The first-order valence-electron chi connectivity index (χ1n) is 5.21. The first-order valence-corrected chi connectivity index (χ1v) is 5.21. The molecule has 0 N–H and O–H groups in total. The fraction of sp³-hybridized carbons (Fsp3) is 0.231. The third kappa shape index (κ3) is 3.75. The van der Waals surface area contributed by atoms with Gasteiger partial charge in [-0.15, -0.1) is 0 Å². The summed E-state index contributed by atoms with van der Waals surface area (Å²) >= 11 is 0. The lowest BCUT2D eigenvalue weighted by Gasteiger charge is -2.03. The Labute approximate surface area is 99.8 Å². The predicted octanol–water partition coefficient (Wildman–Crippen LogP) is 2.05. The Morgan fingerprint density at radius 2 is 2.00 bits per heavy atom. The molecule has 1 rings (SSSR count). The third-order valence-electron chi connectivity index (χ3n) is 2.05. The van der Waals surface area contributed by atoms with Gasteiger partial charge in [0.25, 0.3) is 0 Å². The predicted molar refractivity (Wildman–Crippen MR) is 63.4 cm³/mol. The highest BCUT2D eigenvalue weighted by atomic mass is 16.5. The quantitative estimate of drug-likeness (QED) is 0.591. The summed E-state index contributed by atoms with van der Waals surface area (Å²) in [5.41, 5.74) is 1.03. The highest BCUT2D eigenvalue weighted by Crippen LogP contribution is 2.11. The molecule has 0 saturated carbocycles. The third-order valence-corrected chi connectivity index (χ3v) is 2.05. The van der Waals surface area contributed by atoms with Gasteiger partial charge in [-0.2, -0.15) is 0 Å². The van der Waals surface area contributed by atoms with Gasteiger partial charge >= 0.3 is 11.9 Å². The fourth-order valence-electron chi connectivity index (χ4n) is 1.29. The van der Waals surface area contributed by atoms with Gasteiger partial charge in [0.1, 0.15) is 0 Å². The lowest BCUT2D eigenvalue weighted by Crippen LogP contribution is -2.04. The van der Waals surface area contributed by atoms with Gasteiger partial charge in [0.2, 0.25) is 0 Å². The van der Waals surface area contributed by atoms with Crippen LogP contribution in [0, 0.1) is 0 Å². The van der Waals surface area contributed by atoms with Crippen molar-refractivity contribution in [2.75, 3.05) is 13.7 Å². The molecule has 0 radical (unpaired) electrons. The monoisotopic (exact) mass is 234 g/mol. The van der Waals surface area contributed by atoms with E-state index in [0.29, 0.717) is 17.7 Å². The molecular formula is C13H14O4. The summed E-state index contributed by atoms with van der Waals surface area (Å²) in [5.74, 6) is -0.874. The highest BCUT2D eigenvalue weighted by Gasteiger charge is 2.08. The molecule has 4 heteroatoms. The number of esters is 2. The molecule has 0 aliphatic rings. The molecule has 0 aromatic heterocycles. The summed E-state index contributed by atoms with van der Waals surface area (Å²) in [7, 11) is 1.31. The van der Waals surface area contributed by atoms with Gasteiger partial charge in [0.15, 0.2) is 0 Å². The summed E-state index contributed by atoms with van der Waals surface area (Å²) in [5, 5.41) is 0. The molecule has 0 aliphatic carbocycles. The van der Waals surface area contributed by atoms with Crippen molar-refractivity contribution in [2.24, 2.45) is 0 Å². The van der Waals surface area contributed by atoms with Gasteiger partial charge in [-0.3, -0.25) is 0 Å². The van der Waals surface area contributed by atoms with Crippen molar-refractivity contribution in [2.45, 2.75) is 6.92 Å². The molecule has 0 unspecified atom stereocenters. The summed E-state index contributed by atoms with van der Waals surface area (Å²) in [4.78, 5) is 22.6. The molecular weight excluding hydrogens is 220 g/mol. The molecule has 1 aromatic carbocycles. The summed E-state index contributed by atoms with van der Waals surface area (Å²) in [6, 6.07) is 6.86. The Balaban J connectivity index is 2.91. The van der Waals surface area contributed by atoms with Crippen molar-refractivity contribution >= 4 is 18.0 Å². The van der Waals surface area contributed by atoms with Gasteiger partial charge < -0.3 is 9.47 Å². The van der Waals surface area contributed by atoms with Crippen LogP contribution in [0.25, 0.3) is 6.08 Å². The summed E-state index contributed by atoms with van der Waals surface area (Å²) in [6.45, 7) is 2.05. The number of carbonyl (C=O) groups is 2. The zero-order valence-electron chi connectivity index (χ0n) is 9.80. The topological polar surface area (TPSA) is 52.6 Å². The second-order valence-electron chi connectivity index (χ2n) is 3.16. The van der Waals surface area contributed by atoms with Gasteiger partial charge in [-0.25, -0.2) is 9.59 Å². The number of ether oxygens (including phenoxy) is 2. The van der Waals surface area contributed by atoms with Crippen LogP contribution in [0.15, 0.2) is 30.3 Å². The molecule has 17 heavy (non-hydrogen) atoms. The number of rotatable bonds is 4. The van der Waals surface area contributed by atoms with Crippen LogP contribution in [0.4, 0.5) is 0 Å². The minimum absolute atomic E-state index is 0.321. The van der Waals surface area contributed by atoms with Crippen LogP contribution >= 0.6 is 0 Å². The molecule has 0 amide bonds. The van der Waals surface area contributed by atoms with Crippen LogP contribution in [0.3, 0.4) is 0 Å².